The van der Waals surface area contributed by atoms with Crippen molar-refractivity contribution in [2.45, 2.75) is 76.8 Å². The zero-order valence-electron chi connectivity index (χ0n) is 18.2. The normalized spacial score (nSPS) is 25.5. The van der Waals surface area contributed by atoms with Crippen molar-refractivity contribution in [1.82, 2.24) is 15.0 Å². The highest BCUT2D eigenvalue weighted by atomic mass is 28.4. The molecule has 2 heterocycles. The molecule has 0 spiro atoms. The van der Waals surface area contributed by atoms with Crippen LogP contribution >= 0.6 is 0 Å². The van der Waals surface area contributed by atoms with E-state index < -0.39 is 32.7 Å². The molecule has 1 aromatic carbocycles. The summed E-state index contributed by atoms with van der Waals surface area (Å²) in [4.78, 5) is 12.1. The number of benzene rings is 1. The Morgan fingerprint density at radius 1 is 1.34 bits per heavy atom. The van der Waals surface area contributed by atoms with Crippen molar-refractivity contribution in [2.24, 2.45) is 0 Å². The minimum atomic E-state index is -2.19. The smallest absolute Gasteiger partial charge is 0.340 e. The van der Waals surface area contributed by atoms with Crippen LogP contribution in [0.15, 0.2) is 18.2 Å². The quantitative estimate of drug-likeness (QED) is 0.585. The van der Waals surface area contributed by atoms with Gasteiger partial charge in [0.2, 0.25) is 0 Å². The van der Waals surface area contributed by atoms with E-state index in [-0.39, 0.29) is 11.1 Å². The van der Waals surface area contributed by atoms with Gasteiger partial charge in [0.25, 0.3) is 0 Å². The second kappa shape index (κ2) is 7.79. The Kier molecular flexibility index (Phi) is 5.88. The highest BCUT2D eigenvalue weighted by molar-refractivity contribution is 6.74. The Hall–Kier alpha value is -1.81. The van der Waals surface area contributed by atoms with Crippen molar-refractivity contribution < 1.29 is 23.8 Å². The first-order valence-corrected chi connectivity index (χ1v) is 12.9. The molecule has 3 rings (SSSR count). The molecule has 1 aliphatic rings. The molecule has 2 aromatic rings. The number of carbonyl (C=O) groups excluding carboxylic acids is 1. The highest BCUT2D eigenvalue weighted by Crippen LogP contribution is 2.42. The minimum Gasteiger partial charge on any atom is -0.465 e. The zero-order valence-corrected chi connectivity index (χ0v) is 19.2. The van der Waals surface area contributed by atoms with Gasteiger partial charge >= 0.3 is 5.97 Å². The number of esters is 1. The fraction of sp³-hybridized carbons (Fsp3) is 0.650. The number of hydrogen-bond donors (Lipinski definition) is 1. The van der Waals surface area contributed by atoms with Gasteiger partial charge < -0.3 is 19.0 Å². The van der Waals surface area contributed by atoms with Crippen LogP contribution in [-0.4, -0.2) is 59.8 Å². The zero-order chi connectivity index (χ0) is 21.6. The molecule has 29 heavy (non-hydrogen) atoms. The third-order valence-electron chi connectivity index (χ3n) is 6.10. The summed E-state index contributed by atoms with van der Waals surface area (Å²) in [5, 5.41) is 19.4. The topological polar surface area (TPSA) is 95.7 Å². The van der Waals surface area contributed by atoms with Crippen molar-refractivity contribution in [1.29, 1.82) is 0 Å². The SMILES string of the molecule is CC[C@H]1O[C@@H](n2nnc3c(C(=O)OC)cccc32)[C@H](O[Si](C)(C)C(C)(C)C)[C@@H]1O. The Morgan fingerprint density at radius 3 is 2.62 bits per heavy atom. The molecule has 0 saturated carbocycles. The molecule has 1 aromatic heterocycles. The summed E-state index contributed by atoms with van der Waals surface area (Å²) in [6.07, 6.45) is -1.70. The van der Waals surface area contributed by atoms with Crippen LogP contribution < -0.4 is 0 Å². The summed E-state index contributed by atoms with van der Waals surface area (Å²) < 4.78 is 19.2. The van der Waals surface area contributed by atoms with Gasteiger partial charge in [-0.25, -0.2) is 9.48 Å². The summed E-state index contributed by atoms with van der Waals surface area (Å²) in [5.41, 5.74) is 1.40. The Balaban J connectivity index is 2.04. The molecular weight excluding hydrogens is 390 g/mol. The van der Waals surface area contributed by atoms with Gasteiger partial charge in [-0.05, 0) is 36.7 Å². The maximum absolute atomic E-state index is 12.1. The van der Waals surface area contributed by atoms with Crippen LogP contribution in [0.1, 0.15) is 50.7 Å². The van der Waals surface area contributed by atoms with Crippen LogP contribution in [0.5, 0.6) is 0 Å². The molecule has 4 atom stereocenters. The fourth-order valence-corrected chi connectivity index (χ4v) is 4.61. The lowest BCUT2D eigenvalue weighted by Gasteiger charge is -2.40. The number of methoxy groups -OCH3 is 1. The van der Waals surface area contributed by atoms with Gasteiger partial charge in [-0.2, -0.15) is 0 Å². The minimum absolute atomic E-state index is 0.0238. The molecular formula is C20H31N3O5Si. The molecule has 0 bridgehead atoms. The number of hydrogen-bond acceptors (Lipinski definition) is 7. The molecule has 9 heteroatoms. The highest BCUT2D eigenvalue weighted by Gasteiger charge is 2.50. The van der Waals surface area contributed by atoms with Gasteiger partial charge in [-0.15, -0.1) is 5.10 Å². The van der Waals surface area contributed by atoms with E-state index in [1.54, 1.807) is 16.8 Å². The van der Waals surface area contributed by atoms with Crippen molar-refractivity contribution in [2.75, 3.05) is 7.11 Å². The lowest BCUT2D eigenvalue weighted by Crippen LogP contribution is -2.48. The number of ether oxygens (including phenoxy) is 2. The average Bonchev–Trinajstić information content (AvgIpc) is 3.21. The first kappa shape index (κ1) is 21.9. The third-order valence-corrected chi connectivity index (χ3v) is 10.6. The maximum Gasteiger partial charge on any atom is 0.340 e. The van der Waals surface area contributed by atoms with Gasteiger partial charge in [-0.1, -0.05) is 39.0 Å². The number of aliphatic hydroxyl groups excluding tert-OH is 1. The van der Waals surface area contributed by atoms with Crippen LogP contribution in [0.3, 0.4) is 0 Å². The molecule has 0 amide bonds. The number of nitrogens with zero attached hydrogens (tertiary/aromatic N) is 3. The van der Waals surface area contributed by atoms with E-state index in [4.69, 9.17) is 13.9 Å². The summed E-state index contributed by atoms with van der Waals surface area (Å²) in [6, 6.07) is 5.22. The fourth-order valence-electron chi connectivity index (χ4n) is 3.32. The van der Waals surface area contributed by atoms with Gasteiger partial charge in [0.05, 0.1) is 24.3 Å². The number of aliphatic hydroxyl groups is 1. The molecule has 8 nitrogen and oxygen atoms in total. The summed E-state index contributed by atoms with van der Waals surface area (Å²) in [6.45, 7) is 12.7. The van der Waals surface area contributed by atoms with Crippen molar-refractivity contribution in [3.8, 4) is 0 Å². The molecule has 1 fully saturated rings. The van der Waals surface area contributed by atoms with E-state index in [0.717, 1.165) is 0 Å². The van der Waals surface area contributed by atoms with E-state index >= 15 is 0 Å². The largest absolute Gasteiger partial charge is 0.465 e. The molecule has 160 valence electrons. The van der Waals surface area contributed by atoms with Crippen LogP contribution in [0, 0.1) is 0 Å². The summed E-state index contributed by atoms with van der Waals surface area (Å²) in [7, 11) is -0.856. The lowest BCUT2D eigenvalue weighted by molar-refractivity contribution is -0.0400. The predicted molar refractivity (Wildman–Crippen MR) is 111 cm³/mol. The Labute approximate surface area is 172 Å². The average molecular weight is 422 g/mol. The maximum atomic E-state index is 12.1. The van der Waals surface area contributed by atoms with Crippen LogP contribution in [0.25, 0.3) is 11.0 Å². The first-order chi connectivity index (χ1) is 13.5. The van der Waals surface area contributed by atoms with Gasteiger partial charge in [0.1, 0.15) is 17.7 Å². The number of aromatic nitrogens is 3. The summed E-state index contributed by atoms with van der Waals surface area (Å²) in [5.74, 6) is -0.476. The van der Waals surface area contributed by atoms with Crippen LogP contribution in [-0.2, 0) is 13.9 Å². The monoisotopic (exact) mass is 421 g/mol. The van der Waals surface area contributed by atoms with E-state index in [0.29, 0.717) is 23.0 Å². The first-order valence-electron chi connectivity index (χ1n) is 9.95. The third kappa shape index (κ3) is 3.84. The van der Waals surface area contributed by atoms with Gasteiger partial charge in [-0.3, -0.25) is 0 Å². The number of fused-ring (bicyclic) bond motifs is 1. The second-order valence-corrected chi connectivity index (χ2v) is 13.8. The summed E-state index contributed by atoms with van der Waals surface area (Å²) >= 11 is 0. The second-order valence-electron chi connectivity index (χ2n) is 9.01. The van der Waals surface area contributed by atoms with E-state index in [1.807, 2.05) is 13.0 Å². The molecule has 1 aliphatic heterocycles. The molecule has 1 N–H and O–H groups in total. The van der Waals surface area contributed by atoms with Crippen molar-refractivity contribution >= 4 is 25.3 Å². The standard InChI is InChI=1S/C20H31N3O5Si/c1-8-14-16(24)17(28-29(6,7)20(2,3)4)18(27-14)23-13-11-9-10-12(19(25)26-5)15(13)21-22-23/h9-11,14,16-18,24H,8H2,1-7H3/t14-,16-,17-,18-/m1/s1. The molecule has 0 radical (unpaired) electrons. The molecule has 0 aliphatic carbocycles. The Morgan fingerprint density at radius 2 is 2.03 bits per heavy atom. The number of carbonyl (C=O) groups is 1. The van der Waals surface area contributed by atoms with E-state index in [2.05, 4.69) is 44.2 Å². The van der Waals surface area contributed by atoms with E-state index in [1.165, 1.54) is 7.11 Å². The number of rotatable bonds is 5. The van der Waals surface area contributed by atoms with Crippen LogP contribution in [0.2, 0.25) is 18.1 Å². The molecule has 0 unspecified atom stereocenters. The van der Waals surface area contributed by atoms with Crippen LogP contribution in [0.4, 0.5) is 0 Å². The predicted octanol–water partition coefficient (Wildman–Crippen LogP) is 3.28. The van der Waals surface area contributed by atoms with Crippen molar-refractivity contribution in [3.63, 3.8) is 0 Å². The lowest BCUT2D eigenvalue weighted by atomic mass is 10.1. The van der Waals surface area contributed by atoms with Gasteiger partial charge in [0.15, 0.2) is 14.5 Å². The van der Waals surface area contributed by atoms with E-state index in [9.17, 15) is 9.90 Å². The van der Waals surface area contributed by atoms with Crippen molar-refractivity contribution in [3.05, 3.63) is 23.8 Å². The van der Waals surface area contributed by atoms with Gasteiger partial charge in [0, 0.05) is 0 Å². The Bertz CT molecular complexity index is 892. The molecule has 1 saturated heterocycles.